The van der Waals surface area contributed by atoms with Crippen molar-refractivity contribution in [1.29, 1.82) is 0 Å². The quantitative estimate of drug-likeness (QED) is 0.740. The molecule has 172 valence electrons. The standard InChI is InChI=1S/C24H31N3O4S/c1-18-16-27(17-19(2)31-18)32(29,30)23-8-6-7-20(15-23)24(28)25-21-9-11-22(12-10-21)26-13-4-3-5-14-26/h6-12,15,18-19H,3-5,13-14,16-17H2,1-2H3,(H,25,28)/t18-,19+. The number of rotatable bonds is 5. The Morgan fingerprint density at radius 2 is 1.62 bits per heavy atom. The van der Waals surface area contributed by atoms with Crippen molar-refractivity contribution in [2.75, 3.05) is 36.4 Å². The van der Waals surface area contributed by atoms with Gasteiger partial charge in [-0.25, -0.2) is 8.42 Å². The lowest BCUT2D eigenvalue weighted by Gasteiger charge is -2.34. The average Bonchev–Trinajstić information content (AvgIpc) is 2.79. The molecule has 0 aromatic heterocycles. The molecule has 1 amide bonds. The van der Waals surface area contributed by atoms with E-state index in [4.69, 9.17) is 4.74 Å². The SMILES string of the molecule is C[C@@H]1CN(S(=O)(=O)c2cccc(C(=O)Nc3ccc(N4CCCCC4)cc3)c2)C[C@H](C)O1. The number of ether oxygens (including phenoxy) is 1. The lowest BCUT2D eigenvalue weighted by molar-refractivity contribution is -0.0440. The molecular weight excluding hydrogens is 426 g/mol. The highest BCUT2D eigenvalue weighted by Gasteiger charge is 2.32. The van der Waals surface area contributed by atoms with E-state index >= 15 is 0 Å². The predicted molar refractivity (Wildman–Crippen MR) is 126 cm³/mol. The summed E-state index contributed by atoms with van der Waals surface area (Å²) in [6, 6.07) is 14.0. The monoisotopic (exact) mass is 457 g/mol. The molecule has 0 bridgehead atoms. The molecule has 7 nitrogen and oxygen atoms in total. The third-order valence-corrected chi connectivity index (χ3v) is 7.79. The summed E-state index contributed by atoms with van der Waals surface area (Å²) >= 11 is 0. The molecule has 2 aliphatic heterocycles. The van der Waals surface area contributed by atoms with Gasteiger partial charge in [-0.1, -0.05) is 6.07 Å². The molecule has 2 aromatic carbocycles. The number of carbonyl (C=O) groups excluding carboxylic acids is 1. The van der Waals surface area contributed by atoms with Crippen molar-refractivity contribution >= 4 is 27.3 Å². The van der Waals surface area contributed by atoms with Gasteiger partial charge in [-0.3, -0.25) is 4.79 Å². The summed E-state index contributed by atoms with van der Waals surface area (Å²) in [6.45, 7) is 6.44. The van der Waals surface area contributed by atoms with E-state index in [-0.39, 0.29) is 23.0 Å². The topological polar surface area (TPSA) is 79.0 Å². The van der Waals surface area contributed by atoms with Gasteiger partial charge in [0.1, 0.15) is 0 Å². The van der Waals surface area contributed by atoms with Crippen molar-refractivity contribution in [2.24, 2.45) is 0 Å². The molecule has 8 heteroatoms. The highest BCUT2D eigenvalue weighted by molar-refractivity contribution is 7.89. The van der Waals surface area contributed by atoms with Gasteiger partial charge >= 0.3 is 0 Å². The number of carbonyl (C=O) groups is 1. The van der Waals surface area contributed by atoms with Crippen LogP contribution in [0.1, 0.15) is 43.5 Å². The van der Waals surface area contributed by atoms with Crippen LogP contribution in [0, 0.1) is 0 Å². The summed E-state index contributed by atoms with van der Waals surface area (Å²) in [5.41, 5.74) is 2.14. The molecule has 2 atom stereocenters. The number of nitrogens with one attached hydrogen (secondary N) is 1. The Morgan fingerprint density at radius 1 is 0.969 bits per heavy atom. The van der Waals surface area contributed by atoms with Gasteiger partial charge in [0.15, 0.2) is 0 Å². The van der Waals surface area contributed by atoms with Gasteiger partial charge in [-0.05, 0) is 75.6 Å². The molecule has 0 aliphatic carbocycles. The maximum absolute atomic E-state index is 13.1. The molecule has 4 rings (SSSR count). The Labute approximate surface area is 190 Å². The van der Waals surface area contributed by atoms with E-state index in [9.17, 15) is 13.2 Å². The van der Waals surface area contributed by atoms with E-state index < -0.39 is 10.0 Å². The molecule has 32 heavy (non-hydrogen) atoms. The molecule has 2 saturated heterocycles. The van der Waals surface area contributed by atoms with Crippen LogP contribution in [0.25, 0.3) is 0 Å². The Hall–Kier alpha value is -2.42. The van der Waals surface area contributed by atoms with Gasteiger partial charge < -0.3 is 15.0 Å². The van der Waals surface area contributed by atoms with Crippen molar-refractivity contribution in [1.82, 2.24) is 4.31 Å². The number of hydrogen-bond donors (Lipinski definition) is 1. The number of morpholine rings is 1. The Balaban J connectivity index is 1.46. The molecule has 2 heterocycles. The highest BCUT2D eigenvalue weighted by atomic mass is 32.2. The van der Waals surface area contributed by atoms with Crippen molar-refractivity contribution in [3.63, 3.8) is 0 Å². The summed E-state index contributed by atoms with van der Waals surface area (Å²) in [4.78, 5) is 15.3. The van der Waals surface area contributed by atoms with Crippen LogP contribution in [0.15, 0.2) is 53.4 Å². The number of piperidine rings is 1. The second kappa shape index (κ2) is 9.60. The van der Waals surface area contributed by atoms with Gasteiger partial charge in [-0.15, -0.1) is 0 Å². The van der Waals surface area contributed by atoms with Crippen LogP contribution in [0.4, 0.5) is 11.4 Å². The van der Waals surface area contributed by atoms with E-state index in [0.717, 1.165) is 18.8 Å². The summed E-state index contributed by atoms with van der Waals surface area (Å²) in [5, 5.41) is 2.87. The van der Waals surface area contributed by atoms with E-state index in [0.29, 0.717) is 24.3 Å². The van der Waals surface area contributed by atoms with Crippen LogP contribution in [0.3, 0.4) is 0 Å². The van der Waals surface area contributed by atoms with Crippen molar-refractivity contribution < 1.29 is 17.9 Å². The zero-order chi connectivity index (χ0) is 22.7. The minimum absolute atomic E-state index is 0.117. The number of hydrogen-bond acceptors (Lipinski definition) is 5. The van der Waals surface area contributed by atoms with E-state index in [2.05, 4.69) is 10.2 Å². The fourth-order valence-corrected chi connectivity index (χ4v) is 6.02. The minimum atomic E-state index is -3.71. The molecule has 0 saturated carbocycles. The highest BCUT2D eigenvalue weighted by Crippen LogP contribution is 2.24. The second-order valence-corrected chi connectivity index (χ2v) is 10.6. The van der Waals surface area contributed by atoms with Crippen LogP contribution >= 0.6 is 0 Å². The van der Waals surface area contributed by atoms with Gasteiger partial charge in [0.2, 0.25) is 10.0 Å². The largest absolute Gasteiger partial charge is 0.373 e. The lowest BCUT2D eigenvalue weighted by Crippen LogP contribution is -2.48. The first-order valence-electron chi connectivity index (χ1n) is 11.2. The number of amides is 1. The van der Waals surface area contributed by atoms with E-state index in [1.54, 1.807) is 12.1 Å². The normalized spacial score (nSPS) is 22.5. The minimum Gasteiger partial charge on any atom is -0.373 e. The van der Waals surface area contributed by atoms with Crippen molar-refractivity contribution in [2.45, 2.75) is 50.2 Å². The fraction of sp³-hybridized carbons (Fsp3) is 0.458. The fourth-order valence-electron chi connectivity index (χ4n) is 4.38. The summed E-state index contributed by atoms with van der Waals surface area (Å²) in [6.07, 6.45) is 3.35. The van der Waals surface area contributed by atoms with Crippen LogP contribution in [-0.2, 0) is 14.8 Å². The van der Waals surface area contributed by atoms with Crippen LogP contribution in [0.2, 0.25) is 0 Å². The Bertz CT molecular complexity index is 1040. The van der Waals surface area contributed by atoms with Crippen molar-refractivity contribution in [3.05, 3.63) is 54.1 Å². The average molecular weight is 458 g/mol. The maximum Gasteiger partial charge on any atom is 0.255 e. The third-order valence-electron chi connectivity index (χ3n) is 5.97. The maximum atomic E-state index is 13.1. The van der Waals surface area contributed by atoms with Crippen LogP contribution in [-0.4, -0.2) is 57.0 Å². The number of anilines is 2. The summed E-state index contributed by atoms with van der Waals surface area (Å²) in [7, 11) is -3.71. The summed E-state index contributed by atoms with van der Waals surface area (Å²) in [5.74, 6) is -0.337. The Morgan fingerprint density at radius 3 is 2.28 bits per heavy atom. The predicted octanol–water partition coefficient (Wildman–Crippen LogP) is 3.73. The molecule has 0 unspecified atom stereocenters. The number of nitrogens with zero attached hydrogens (tertiary/aromatic N) is 2. The smallest absolute Gasteiger partial charge is 0.255 e. The molecule has 0 radical (unpaired) electrons. The van der Waals surface area contributed by atoms with Crippen LogP contribution < -0.4 is 10.2 Å². The van der Waals surface area contributed by atoms with E-state index in [1.807, 2.05) is 38.1 Å². The van der Waals surface area contributed by atoms with E-state index in [1.165, 1.54) is 35.7 Å². The zero-order valence-corrected chi connectivity index (χ0v) is 19.5. The summed E-state index contributed by atoms with van der Waals surface area (Å²) < 4.78 is 33.3. The van der Waals surface area contributed by atoms with Gasteiger partial charge in [0.25, 0.3) is 5.91 Å². The first kappa shape index (κ1) is 22.8. The van der Waals surface area contributed by atoms with Crippen LogP contribution in [0.5, 0.6) is 0 Å². The molecule has 1 N–H and O–H groups in total. The molecule has 0 spiro atoms. The molecule has 2 fully saturated rings. The Kier molecular flexibility index (Phi) is 6.83. The number of benzene rings is 2. The van der Waals surface area contributed by atoms with Gasteiger partial charge in [-0.2, -0.15) is 4.31 Å². The second-order valence-electron chi connectivity index (χ2n) is 8.66. The lowest BCUT2D eigenvalue weighted by atomic mass is 10.1. The van der Waals surface area contributed by atoms with Gasteiger partial charge in [0.05, 0.1) is 17.1 Å². The molecule has 2 aliphatic rings. The first-order valence-corrected chi connectivity index (χ1v) is 12.7. The van der Waals surface area contributed by atoms with Crippen molar-refractivity contribution in [3.8, 4) is 0 Å². The molecular formula is C24H31N3O4S. The first-order chi connectivity index (χ1) is 15.3. The zero-order valence-electron chi connectivity index (χ0n) is 18.7. The molecule has 2 aromatic rings. The number of sulfonamides is 1. The van der Waals surface area contributed by atoms with Gasteiger partial charge in [0, 0.05) is 43.1 Å². The third kappa shape index (κ3) is 5.14.